The van der Waals surface area contributed by atoms with Gasteiger partial charge in [0.15, 0.2) is 11.6 Å². The number of ketones is 2. The number of hydrogen-bond donors (Lipinski definition) is 0. The molecule has 0 N–H and O–H groups in total. The summed E-state index contributed by atoms with van der Waals surface area (Å²) in [5, 5.41) is 0. The standard InChI is InChI=1S/C34H48N2O3/c1-21(37)36(10)20-34-15-13-29(2,3)18-22(34)27-24(38)17-26-31(6)19-23(35-9)28(39)30(4,5)25(31)11-12-32(26,7)33(27,8)14-16-34/h17,19,22,25,27H,11-16,18,20H2,1-8,10H3/t22-,25-,27-,31-,32+,33+,34+/m0/s1/i1D3. The van der Waals surface area contributed by atoms with Gasteiger partial charge in [-0.1, -0.05) is 60.1 Å². The van der Waals surface area contributed by atoms with Crippen molar-refractivity contribution in [2.75, 3.05) is 13.6 Å². The first-order chi connectivity index (χ1) is 19.1. The summed E-state index contributed by atoms with van der Waals surface area (Å²) < 4.78 is 23.1. The molecule has 0 aliphatic heterocycles. The highest BCUT2D eigenvalue weighted by Crippen LogP contribution is 2.74. The Morgan fingerprint density at radius 3 is 2.38 bits per heavy atom. The van der Waals surface area contributed by atoms with Crippen molar-refractivity contribution in [3.8, 4) is 0 Å². The van der Waals surface area contributed by atoms with E-state index >= 15 is 0 Å². The van der Waals surface area contributed by atoms with E-state index in [1.807, 2.05) is 26.0 Å². The molecule has 0 aromatic carbocycles. The second kappa shape index (κ2) is 8.40. The van der Waals surface area contributed by atoms with Crippen LogP contribution in [0, 0.1) is 56.8 Å². The van der Waals surface area contributed by atoms with Crippen molar-refractivity contribution in [3.05, 3.63) is 34.8 Å². The average molecular weight is 536 g/mol. The van der Waals surface area contributed by atoms with Crippen LogP contribution in [0.25, 0.3) is 4.85 Å². The van der Waals surface area contributed by atoms with Crippen LogP contribution < -0.4 is 0 Å². The minimum Gasteiger partial charge on any atom is -0.345 e. The maximum absolute atomic E-state index is 14.6. The average Bonchev–Trinajstić information content (AvgIpc) is 2.87. The van der Waals surface area contributed by atoms with E-state index in [-0.39, 0.29) is 56.7 Å². The molecule has 0 aromatic rings. The third-order valence-electron chi connectivity index (χ3n) is 12.9. The molecular weight excluding hydrogens is 484 g/mol. The molecule has 5 aliphatic rings. The van der Waals surface area contributed by atoms with E-state index in [0.29, 0.717) is 6.54 Å². The van der Waals surface area contributed by atoms with Crippen molar-refractivity contribution in [2.24, 2.45) is 50.2 Å². The van der Waals surface area contributed by atoms with Crippen LogP contribution in [0.3, 0.4) is 0 Å². The number of allylic oxidation sites excluding steroid dienone is 4. The minimum absolute atomic E-state index is 0.00566. The second-order valence-electron chi connectivity index (χ2n) is 15.8. The summed E-state index contributed by atoms with van der Waals surface area (Å²) in [5.74, 6) is -1.02. The molecule has 0 spiro atoms. The number of nitrogens with zero attached hydrogens (tertiary/aromatic N) is 2. The van der Waals surface area contributed by atoms with E-state index < -0.39 is 23.6 Å². The lowest BCUT2D eigenvalue weighted by Crippen LogP contribution is -2.65. The van der Waals surface area contributed by atoms with Crippen LogP contribution in [0.4, 0.5) is 0 Å². The van der Waals surface area contributed by atoms with Gasteiger partial charge in [0.2, 0.25) is 11.6 Å². The third-order valence-corrected chi connectivity index (χ3v) is 12.9. The van der Waals surface area contributed by atoms with Crippen molar-refractivity contribution < 1.29 is 18.5 Å². The summed E-state index contributed by atoms with van der Waals surface area (Å²) in [6, 6.07) is 0. The summed E-state index contributed by atoms with van der Waals surface area (Å²) in [6.07, 6.45) is 9.84. The molecule has 0 radical (unpaired) electrons. The number of fused-ring (bicyclic) bond motifs is 7. The van der Waals surface area contributed by atoms with Crippen LogP contribution in [0.1, 0.15) is 104 Å². The van der Waals surface area contributed by atoms with E-state index in [0.717, 1.165) is 50.5 Å². The largest absolute Gasteiger partial charge is 0.345 e. The van der Waals surface area contributed by atoms with Crippen LogP contribution in [-0.2, 0) is 14.4 Å². The predicted molar refractivity (Wildman–Crippen MR) is 153 cm³/mol. The zero-order valence-corrected chi connectivity index (χ0v) is 25.2. The molecule has 5 nitrogen and oxygen atoms in total. The van der Waals surface area contributed by atoms with Gasteiger partial charge in [-0.2, -0.15) is 0 Å². The van der Waals surface area contributed by atoms with Gasteiger partial charge in [-0.25, -0.2) is 4.85 Å². The minimum atomic E-state index is -2.69. The molecule has 212 valence electrons. The second-order valence-corrected chi connectivity index (χ2v) is 15.8. The molecule has 3 saturated carbocycles. The maximum atomic E-state index is 14.6. The molecular formula is C34H48N2O3. The van der Waals surface area contributed by atoms with E-state index in [1.165, 1.54) is 4.90 Å². The number of carbonyl (C=O) groups excluding carboxylic acids is 3. The molecule has 0 heterocycles. The smallest absolute Gasteiger partial charge is 0.226 e. The fourth-order valence-corrected chi connectivity index (χ4v) is 10.5. The monoisotopic (exact) mass is 535 g/mol. The molecule has 0 bridgehead atoms. The fourth-order valence-electron chi connectivity index (χ4n) is 10.5. The van der Waals surface area contributed by atoms with Gasteiger partial charge in [-0.15, -0.1) is 0 Å². The van der Waals surface area contributed by atoms with Gasteiger partial charge in [0.25, 0.3) is 0 Å². The molecule has 39 heavy (non-hydrogen) atoms. The van der Waals surface area contributed by atoms with Gasteiger partial charge in [0.05, 0.1) is 6.57 Å². The van der Waals surface area contributed by atoms with Crippen molar-refractivity contribution in [1.82, 2.24) is 4.90 Å². The van der Waals surface area contributed by atoms with Gasteiger partial charge >= 0.3 is 0 Å². The number of rotatable bonds is 2. The lowest BCUT2D eigenvalue weighted by atomic mass is 9.34. The highest BCUT2D eigenvalue weighted by molar-refractivity contribution is 6.03. The highest BCUT2D eigenvalue weighted by Gasteiger charge is 2.69. The zero-order valence-electron chi connectivity index (χ0n) is 28.2. The molecule has 0 aromatic heterocycles. The Kier molecular flexibility index (Phi) is 5.29. The summed E-state index contributed by atoms with van der Waals surface area (Å²) in [7, 11) is 1.60. The lowest BCUT2D eigenvalue weighted by Gasteiger charge is -2.69. The normalized spacial score (nSPS) is 45.4. The van der Waals surface area contributed by atoms with Gasteiger partial charge < -0.3 is 9.69 Å². The summed E-state index contributed by atoms with van der Waals surface area (Å²) in [6.45, 7) is 20.7. The molecule has 0 unspecified atom stereocenters. The first-order valence-electron chi connectivity index (χ1n) is 16.3. The van der Waals surface area contributed by atoms with E-state index in [1.54, 1.807) is 7.05 Å². The zero-order chi connectivity index (χ0) is 31.5. The van der Waals surface area contributed by atoms with Crippen molar-refractivity contribution in [3.63, 3.8) is 0 Å². The lowest BCUT2D eigenvalue weighted by molar-refractivity contribution is -0.175. The van der Waals surface area contributed by atoms with Crippen LogP contribution in [0.5, 0.6) is 0 Å². The Bertz CT molecular complexity index is 1350. The number of amides is 1. The van der Waals surface area contributed by atoms with Crippen molar-refractivity contribution in [1.29, 1.82) is 0 Å². The quantitative estimate of drug-likeness (QED) is 0.356. The number of hydrogen-bond acceptors (Lipinski definition) is 3. The van der Waals surface area contributed by atoms with E-state index in [9.17, 15) is 14.4 Å². The van der Waals surface area contributed by atoms with Crippen LogP contribution in [-0.4, -0.2) is 36.0 Å². The number of Topliss-reactive ketones (excluding diaryl/α,β-unsaturated/α-hetero) is 1. The van der Waals surface area contributed by atoms with E-state index in [4.69, 9.17) is 10.7 Å². The van der Waals surface area contributed by atoms with Crippen LogP contribution >= 0.6 is 0 Å². The third kappa shape index (κ3) is 3.65. The Balaban J connectivity index is 1.64. The molecule has 7 atom stereocenters. The van der Waals surface area contributed by atoms with Crippen LogP contribution in [0.2, 0.25) is 0 Å². The molecule has 5 aliphatic carbocycles. The highest BCUT2D eigenvalue weighted by atomic mass is 16.2. The SMILES string of the molecule is [2H]C([2H])([2H])C(=O)N(C)C[C@]12CCC(C)(C)C[C@H]1[C@H]1C(=O)C=C3[C@@]4(C)C=C([N+]#[C-])C(=O)C(C)(C)[C@@H]4CC[C@@]3(C)[C@]1(C)CC2. The van der Waals surface area contributed by atoms with Gasteiger partial charge in [-0.05, 0) is 84.5 Å². The summed E-state index contributed by atoms with van der Waals surface area (Å²) >= 11 is 0. The van der Waals surface area contributed by atoms with Gasteiger partial charge in [0.1, 0.15) is 0 Å². The molecule has 5 rings (SSSR count). The number of carbonyl (C=O) groups is 3. The maximum Gasteiger partial charge on any atom is 0.226 e. The Hall–Kier alpha value is -2.22. The molecule has 0 saturated heterocycles. The van der Waals surface area contributed by atoms with Crippen molar-refractivity contribution >= 4 is 17.5 Å². The Labute approximate surface area is 239 Å². The fraction of sp³-hybridized carbons (Fsp3) is 0.765. The van der Waals surface area contributed by atoms with Gasteiger partial charge in [0, 0.05) is 41.3 Å². The molecule has 5 heteroatoms. The molecule has 1 amide bonds. The Morgan fingerprint density at radius 2 is 1.74 bits per heavy atom. The Morgan fingerprint density at radius 1 is 1.08 bits per heavy atom. The van der Waals surface area contributed by atoms with Crippen LogP contribution in [0.15, 0.2) is 23.4 Å². The van der Waals surface area contributed by atoms with Gasteiger partial charge in [-0.3, -0.25) is 9.59 Å². The predicted octanol–water partition coefficient (Wildman–Crippen LogP) is 7.04. The summed E-state index contributed by atoms with van der Waals surface area (Å²) in [5.41, 5.74) is -0.920. The topological polar surface area (TPSA) is 58.8 Å². The van der Waals surface area contributed by atoms with E-state index in [2.05, 4.69) is 39.5 Å². The first kappa shape index (κ1) is 24.6. The summed E-state index contributed by atoms with van der Waals surface area (Å²) in [4.78, 5) is 45.8. The van der Waals surface area contributed by atoms with Crippen molar-refractivity contribution in [2.45, 2.75) is 100 Å². The first-order valence-corrected chi connectivity index (χ1v) is 14.8. The molecule has 3 fully saturated rings.